The molecule has 106 valence electrons. The van der Waals surface area contributed by atoms with E-state index in [2.05, 4.69) is 0 Å². The van der Waals surface area contributed by atoms with Crippen molar-refractivity contribution in [2.24, 2.45) is 5.73 Å². The van der Waals surface area contributed by atoms with Gasteiger partial charge in [0.05, 0.1) is 18.2 Å². The number of benzene rings is 1. The van der Waals surface area contributed by atoms with Crippen molar-refractivity contribution in [1.29, 1.82) is 0 Å². The molecule has 0 unspecified atom stereocenters. The van der Waals surface area contributed by atoms with E-state index < -0.39 is 6.04 Å². The van der Waals surface area contributed by atoms with E-state index in [1.165, 1.54) is 4.90 Å². The molecule has 0 saturated carbocycles. The predicted octanol–water partition coefficient (Wildman–Crippen LogP) is 2.39. The van der Waals surface area contributed by atoms with Gasteiger partial charge in [0.2, 0.25) is 5.91 Å². The van der Waals surface area contributed by atoms with E-state index in [4.69, 9.17) is 22.1 Å². The lowest BCUT2D eigenvalue weighted by Gasteiger charge is -2.21. The van der Waals surface area contributed by atoms with Gasteiger partial charge in [0.1, 0.15) is 5.75 Å². The first-order chi connectivity index (χ1) is 9.01. The Bertz CT molecular complexity index is 443. The Labute approximate surface area is 123 Å². The molecule has 0 saturated heterocycles. The Balaban J connectivity index is 2.79. The Hall–Kier alpha value is -0.910. The van der Waals surface area contributed by atoms with Crippen molar-refractivity contribution in [3.63, 3.8) is 0 Å². The number of amides is 1. The molecular weight excluding hydrogens is 284 g/mol. The molecule has 0 radical (unpaired) electrons. The van der Waals surface area contributed by atoms with Crippen LogP contribution in [0, 0.1) is 0 Å². The maximum Gasteiger partial charge on any atom is 0.243 e. The van der Waals surface area contributed by atoms with E-state index >= 15 is 0 Å². The summed E-state index contributed by atoms with van der Waals surface area (Å²) in [5.41, 5.74) is 6.58. The molecule has 0 aromatic heterocycles. The fourth-order valence-electron chi connectivity index (χ4n) is 1.61. The summed E-state index contributed by atoms with van der Waals surface area (Å²) in [7, 11) is 3.24. The monoisotopic (exact) mass is 302 g/mol. The summed E-state index contributed by atoms with van der Waals surface area (Å²) >= 11 is 7.72. The van der Waals surface area contributed by atoms with Gasteiger partial charge in [-0.25, -0.2) is 0 Å². The number of carbonyl (C=O) groups excluding carboxylic acids is 1. The first kappa shape index (κ1) is 16.1. The lowest BCUT2D eigenvalue weighted by atomic mass is 10.2. The standard InChI is InChI=1S/C13H19ClN2O2S/c1-16(13(17)11(15)6-7-19-3)9-4-5-12(18-2)10(14)8-9/h4-5,8,11H,6-7,15H2,1-3H3/t11-/m0/s1. The molecule has 6 heteroatoms. The highest BCUT2D eigenvalue weighted by molar-refractivity contribution is 7.98. The summed E-state index contributed by atoms with van der Waals surface area (Å²) in [6, 6.07) is 4.72. The number of nitrogens with two attached hydrogens (primary N) is 1. The number of halogens is 1. The van der Waals surface area contributed by atoms with Crippen LogP contribution in [0.1, 0.15) is 6.42 Å². The van der Waals surface area contributed by atoms with Gasteiger partial charge in [0.25, 0.3) is 0 Å². The van der Waals surface area contributed by atoms with Gasteiger partial charge in [-0.05, 0) is 36.6 Å². The zero-order chi connectivity index (χ0) is 14.4. The first-order valence-electron chi connectivity index (χ1n) is 5.87. The fraction of sp³-hybridized carbons (Fsp3) is 0.462. The van der Waals surface area contributed by atoms with Gasteiger partial charge in [0.15, 0.2) is 0 Å². The molecule has 0 aliphatic rings. The largest absolute Gasteiger partial charge is 0.495 e. The summed E-state index contributed by atoms with van der Waals surface area (Å²) in [5.74, 6) is 1.33. The average Bonchev–Trinajstić information content (AvgIpc) is 2.42. The van der Waals surface area contributed by atoms with Crippen LogP contribution in [0.25, 0.3) is 0 Å². The molecule has 1 atom stereocenters. The number of methoxy groups -OCH3 is 1. The third-order valence-corrected chi connectivity index (χ3v) is 3.74. The molecule has 0 fully saturated rings. The molecule has 1 rings (SSSR count). The summed E-state index contributed by atoms with van der Waals surface area (Å²) in [5, 5.41) is 0.470. The zero-order valence-electron chi connectivity index (χ0n) is 11.4. The predicted molar refractivity (Wildman–Crippen MR) is 82.4 cm³/mol. The van der Waals surface area contributed by atoms with Crippen LogP contribution in [0.5, 0.6) is 5.75 Å². The molecule has 2 N–H and O–H groups in total. The summed E-state index contributed by atoms with van der Waals surface area (Å²) in [4.78, 5) is 13.7. The van der Waals surface area contributed by atoms with E-state index in [9.17, 15) is 4.79 Å². The van der Waals surface area contributed by atoms with Gasteiger partial charge < -0.3 is 15.4 Å². The highest BCUT2D eigenvalue weighted by Gasteiger charge is 2.19. The average molecular weight is 303 g/mol. The van der Waals surface area contributed by atoms with Crippen molar-refractivity contribution in [2.45, 2.75) is 12.5 Å². The highest BCUT2D eigenvalue weighted by atomic mass is 35.5. The summed E-state index contributed by atoms with van der Waals surface area (Å²) < 4.78 is 5.08. The van der Waals surface area contributed by atoms with Gasteiger partial charge in [0, 0.05) is 12.7 Å². The number of hydrogen-bond acceptors (Lipinski definition) is 4. The molecule has 0 aliphatic carbocycles. The van der Waals surface area contributed by atoms with Crippen LogP contribution in [-0.4, -0.2) is 38.1 Å². The normalized spacial score (nSPS) is 12.1. The Morgan fingerprint density at radius 3 is 2.79 bits per heavy atom. The molecule has 4 nitrogen and oxygen atoms in total. The van der Waals surface area contributed by atoms with Gasteiger partial charge in [-0.3, -0.25) is 4.79 Å². The first-order valence-corrected chi connectivity index (χ1v) is 7.64. The van der Waals surface area contributed by atoms with Crippen molar-refractivity contribution in [3.8, 4) is 5.75 Å². The number of hydrogen-bond donors (Lipinski definition) is 1. The Morgan fingerprint density at radius 1 is 1.58 bits per heavy atom. The second-order valence-electron chi connectivity index (χ2n) is 4.10. The third kappa shape index (κ3) is 4.30. The van der Waals surface area contributed by atoms with Crippen LogP contribution in [0.4, 0.5) is 5.69 Å². The Morgan fingerprint density at radius 2 is 2.26 bits per heavy atom. The minimum absolute atomic E-state index is 0.115. The molecule has 19 heavy (non-hydrogen) atoms. The molecular formula is C13H19ClN2O2S. The number of likely N-dealkylation sites (N-methyl/N-ethyl adjacent to an activating group) is 1. The van der Waals surface area contributed by atoms with E-state index in [0.717, 1.165) is 5.75 Å². The van der Waals surface area contributed by atoms with Crippen molar-refractivity contribution in [3.05, 3.63) is 23.2 Å². The number of nitrogens with zero attached hydrogens (tertiary/aromatic N) is 1. The molecule has 0 heterocycles. The number of anilines is 1. The van der Waals surface area contributed by atoms with Crippen LogP contribution in [0.2, 0.25) is 5.02 Å². The van der Waals surface area contributed by atoms with E-state index in [1.807, 2.05) is 6.26 Å². The molecule has 1 aromatic carbocycles. The SMILES string of the molecule is COc1ccc(N(C)C(=O)[C@@H](N)CCSC)cc1Cl. The van der Waals surface area contributed by atoms with Crippen molar-refractivity contribution < 1.29 is 9.53 Å². The smallest absolute Gasteiger partial charge is 0.243 e. The van der Waals surface area contributed by atoms with Crippen molar-refractivity contribution in [1.82, 2.24) is 0 Å². The minimum Gasteiger partial charge on any atom is -0.495 e. The van der Waals surface area contributed by atoms with Gasteiger partial charge >= 0.3 is 0 Å². The van der Waals surface area contributed by atoms with Crippen LogP contribution >= 0.6 is 23.4 Å². The molecule has 0 spiro atoms. The molecule has 1 amide bonds. The van der Waals surface area contributed by atoms with Crippen molar-refractivity contribution in [2.75, 3.05) is 31.1 Å². The van der Waals surface area contributed by atoms with Gasteiger partial charge in [-0.1, -0.05) is 11.6 Å². The van der Waals surface area contributed by atoms with Crippen LogP contribution in [0.3, 0.4) is 0 Å². The lowest BCUT2D eigenvalue weighted by Crippen LogP contribution is -2.42. The second-order valence-corrected chi connectivity index (χ2v) is 5.50. The van der Waals surface area contributed by atoms with E-state index in [-0.39, 0.29) is 5.91 Å². The Kier molecular flexibility index (Phi) is 6.48. The maximum atomic E-state index is 12.1. The van der Waals surface area contributed by atoms with Crippen LogP contribution in [-0.2, 0) is 4.79 Å². The highest BCUT2D eigenvalue weighted by Crippen LogP contribution is 2.28. The summed E-state index contributed by atoms with van der Waals surface area (Å²) in [6.45, 7) is 0. The number of thioether (sulfide) groups is 1. The fourth-order valence-corrected chi connectivity index (χ4v) is 2.35. The van der Waals surface area contributed by atoms with Crippen molar-refractivity contribution >= 4 is 35.0 Å². The summed E-state index contributed by atoms with van der Waals surface area (Å²) in [6.07, 6.45) is 2.65. The second kappa shape index (κ2) is 7.62. The number of ether oxygens (including phenoxy) is 1. The molecule has 0 bridgehead atoms. The van der Waals surface area contributed by atoms with Crippen LogP contribution < -0.4 is 15.4 Å². The molecule has 0 aliphatic heterocycles. The molecule has 1 aromatic rings. The zero-order valence-corrected chi connectivity index (χ0v) is 12.9. The quantitative estimate of drug-likeness (QED) is 0.876. The lowest BCUT2D eigenvalue weighted by molar-refractivity contribution is -0.119. The number of rotatable bonds is 6. The topological polar surface area (TPSA) is 55.6 Å². The maximum absolute atomic E-state index is 12.1. The third-order valence-electron chi connectivity index (χ3n) is 2.80. The van der Waals surface area contributed by atoms with Crippen LogP contribution in [0.15, 0.2) is 18.2 Å². The van der Waals surface area contributed by atoms with Gasteiger partial charge in [-0.2, -0.15) is 11.8 Å². The minimum atomic E-state index is -0.488. The van der Waals surface area contributed by atoms with Gasteiger partial charge in [-0.15, -0.1) is 0 Å². The van der Waals surface area contributed by atoms with E-state index in [1.54, 1.807) is 44.1 Å². The number of carbonyl (C=O) groups is 1. The van der Waals surface area contributed by atoms with E-state index in [0.29, 0.717) is 22.9 Å².